The molecule has 0 spiro atoms. The molecule has 2 heterocycles. The van der Waals surface area contributed by atoms with E-state index >= 15 is 0 Å². The fraction of sp³-hybridized carbons (Fsp3) is 0.417. The van der Waals surface area contributed by atoms with Crippen molar-refractivity contribution in [2.24, 2.45) is 0 Å². The van der Waals surface area contributed by atoms with Crippen molar-refractivity contribution in [3.05, 3.63) is 47.5 Å². The highest BCUT2D eigenvalue weighted by Gasteiger charge is 2.24. The van der Waals surface area contributed by atoms with Gasteiger partial charge < -0.3 is 14.5 Å². The molecule has 0 saturated carbocycles. The van der Waals surface area contributed by atoms with Gasteiger partial charge in [-0.25, -0.2) is 13.4 Å². The van der Waals surface area contributed by atoms with Gasteiger partial charge in [-0.05, 0) is 61.7 Å². The standard InChI is InChI=1S/C24H29N3O4S2/c1-17-15-18(2)23-21(16-17)25-24(32-23)27-12-10-26(11-13-27)22(28)5-4-14-33(29,30)20-8-6-19(31-3)7-9-20/h6-9,15-16H,4-5,10-14H2,1-3H3. The summed E-state index contributed by atoms with van der Waals surface area (Å²) < 4.78 is 31.3. The molecule has 3 aromatic rings. The summed E-state index contributed by atoms with van der Waals surface area (Å²) in [5.74, 6) is 0.574. The highest BCUT2D eigenvalue weighted by atomic mass is 32.2. The van der Waals surface area contributed by atoms with E-state index in [-0.39, 0.29) is 23.0 Å². The Balaban J connectivity index is 1.28. The maximum Gasteiger partial charge on any atom is 0.222 e. The summed E-state index contributed by atoms with van der Waals surface area (Å²) in [5.41, 5.74) is 3.48. The predicted molar refractivity (Wildman–Crippen MR) is 132 cm³/mol. The van der Waals surface area contributed by atoms with E-state index in [4.69, 9.17) is 9.72 Å². The molecule has 9 heteroatoms. The number of amides is 1. The lowest BCUT2D eigenvalue weighted by Gasteiger charge is -2.34. The van der Waals surface area contributed by atoms with Gasteiger partial charge in [0.05, 0.1) is 28.0 Å². The van der Waals surface area contributed by atoms with E-state index in [9.17, 15) is 13.2 Å². The molecular weight excluding hydrogens is 458 g/mol. The van der Waals surface area contributed by atoms with Crippen LogP contribution in [0, 0.1) is 13.8 Å². The largest absolute Gasteiger partial charge is 0.497 e. The van der Waals surface area contributed by atoms with Gasteiger partial charge in [0, 0.05) is 32.6 Å². The van der Waals surface area contributed by atoms with Crippen molar-refractivity contribution in [2.75, 3.05) is 43.9 Å². The summed E-state index contributed by atoms with van der Waals surface area (Å²) >= 11 is 1.70. The molecule has 1 saturated heterocycles. The van der Waals surface area contributed by atoms with E-state index in [1.165, 1.54) is 22.9 Å². The minimum Gasteiger partial charge on any atom is -0.497 e. The molecule has 0 aliphatic carbocycles. The maximum absolute atomic E-state index is 12.7. The van der Waals surface area contributed by atoms with Crippen molar-refractivity contribution in [1.82, 2.24) is 9.88 Å². The Hall–Kier alpha value is -2.65. The van der Waals surface area contributed by atoms with E-state index in [1.54, 1.807) is 35.6 Å². The van der Waals surface area contributed by atoms with Gasteiger partial charge in [0.1, 0.15) is 5.75 Å². The Morgan fingerprint density at radius 1 is 1.09 bits per heavy atom. The van der Waals surface area contributed by atoms with Crippen LogP contribution in [-0.2, 0) is 14.6 Å². The molecule has 33 heavy (non-hydrogen) atoms. The summed E-state index contributed by atoms with van der Waals surface area (Å²) in [5, 5.41) is 0.997. The lowest BCUT2D eigenvalue weighted by Crippen LogP contribution is -2.48. The van der Waals surface area contributed by atoms with E-state index in [2.05, 4.69) is 30.9 Å². The van der Waals surface area contributed by atoms with E-state index in [0.29, 0.717) is 25.3 Å². The predicted octanol–water partition coefficient (Wildman–Crippen LogP) is 3.82. The summed E-state index contributed by atoms with van der Waals surface area (Å²) in [4.78, 5) is 21.8. The Kier molecular flexibility index (Phi) is 6.90. The first-order valence-electron chi connectivity index (χ1n) is 11.0. The molecular formula is C24H29N3O4S2. The van der Waals surface area contributed by atoms with Crippen molar-refractivity contribution in [3.8, 4) is 5.75 Å². The number of hydrogen-bond acceptors (Lipinski definition) is 7. The Morgan fingerprint density at radius 3 is 2.45 bits per heavy atom. The minimum atomic E-state index is -3.42. The zero-order valence-corrected chi connectivity index (χ0v) is 20.8. The van der Waals surface area contributed by atoms with E-state index in [1.807, 2.05) is 4.90 Å². The van der Waals surface area contributed by atoms with Gasteiger partial charge in [-0.1, -0.05) is 17.4 Å². The quantitative estimate of drug-likeness (QED) is 0.504. The van der Waals surface area contributed by atoms with Gasteiger partial charge >= 0.3 is 0 Å². The number of piperazine rings is 1. The number of aryl methyl sites for hydroxylation is 2. The SMILES string of the molecule is COc1ccc(S(=O)(=O)CCCC(=O)N2CCN(c3nc4cc(C)cc(C)c4s3)CC2)cc1. The fourth-order valence-corrected chi connectivity index (χ4v) is 6.50. The third-order valence-electron chi connectivity index (χ3n) is 5.93. The Labute approximate surface area is 198 Å². The first kappa shape index (κ1) is 23.5. The smallest absolute Gasteiger partial charge is 0.222 e. The van der Waals surface area contributed by atoms with Gasteiger partial charge in [-0.2, -0.15) is 0 Å². The molecule has 1 aliphatic heterocycles. The molecule has 1 fully saturated rings. The molecule has 0 radical (unpaired) electrons. The Morgan fingerprint density at radius 2 is 1.79 bits per heavy atom. The molecule has 1 aromatic heterocycles. The summed E-state index contributed by atoms with van der Waals surface area (Å²) in [6.07, 6.45) is 0.541. The Bertz CT molecular complexity index is 1240. The number of sulfone groups is 1. The van der Waals surface area contributed by atoms with E-state index in [0.717, 1.165) is 23.7 Å². The van der Waals surface area contributed by atoms with Gasteiger partial charge in [0.25, 0.3) is 0 Å². The number of nitrogens with zero attached hydrogens (tertiary/aromatic N) is 3. The van der Waals surface area contributed by atoms with Crippen molar-refractivity contribution in [3.63, 3.8) is 0 Å². The lowest BCUT2D eigenvalue weighted by molar-refractivity contribution is -0.131. The number of thiazole rings is 1. The van der Waals surface area contributed by atoms with Crippen LogP contribution < -0.4 is 9.64 Å². The minimum absolute atomic E-state index is 0.00958. The third-order valence-corrected chi connectivity index (χ3v) is 9.02. The highest BCUT2D eigenvalue weighted by Crippen LogP contribution is 2.32. The van der Waals surface area contributed by atoms with Gasteiger partial charge in [-0.15, -0.1) is 0 Å². The van der Waals surface area contributed by atoms with Gasteiger partial charge in [0.2, 0.25) is 5.91 Å². The number of rotatable bonds is 7. The second kappa shape index (κ2) is 9.69. The van der Waals surface area contributed by atoms with Crippen LogP contribution in [0.4, 0.5) is 5.13 Å². The van der Waals surface area contributed by atoms with Crippen LogP contribution in [0.1, 0.15) is 24.0 Å². The topological polar surface area (TPSA) is 79.8 Å². The molecule has 2 aromatic carbocycles. The number of carbonyl (C=O) groups is 1. The van der Waals surface area contributed by atoms with Crippen LogP contribution in [0.25, 0.3) is 10.2 Å². The lowest BCUT2D eigenvalue weighted by atomic mass is 10.1. The number of ether oxygens (including phenoxy) is 1. The molecule has 0 unspecified atom stereocenters. The van der Waals surface area contributed by atoms with Crippen LogP contribution in [0.2, 0.25) is 0 Å². The average Bonchev–Trinajstić information content (AvgIpc) is 3.23. The number of anilines is 1. The molecule has 0 N–H and O–H groups in total. The van der Waals surface area contributed by atoms with Crippen LogP contribution in [0.3, 0.4) is 0 Å². The molecule has 1 aliphatic rings. The molecule has 0 atom stereocenters. The number of benzene rings is 2. The average molecular weight is 488 g/mol. The van der Waals surface area contributed by atoms with Crippen molar-refractivity contribution in [2.45, 2.75) is 31.6 Å². The first-order valence-corrected chi connectivity index (χ1v) is 13.5. The van der Waals surface area contributed by atoms with Crippen LogP contribution in [-0.4, -0.2) is 63.3 Å². The van der Waals surface area contributed by atoms with Gasteiger partial charge in [-0.3, -0.25) is 4.79 Å². The second-order valence-electron chi connectivity index (χ2n) is 8.39. The normalized spacial score (nSPS) is 14.6. The van der Waals surface area contributed by atoms with Crippen LogP contribution >= 0.6 is 11.3 Å². The molecule has 4 rings (SSSR count). The van der Waals surface area contributed by atoms with E-state index < -0.39 is 9.84 Å². The van der Waals surface area contributed by atoms with Crippen LogP contribution in [0.15, 0.2) is 41.3 Å². The van der Waals surface area contributed by atoms with Crippen LogP contribution in [0.5, 0.6) is 5.75 Å². The highest BCUT2D eigenvalue weighted by molar-refractivity contribution is 7.91. The van der Waals surface area contributed by atoms with Crippen molar-refractivity contribution < 1.29 is 17.9 Å². The molecule has 0 bridgehead atoms. The number of carbonyl (C=O) groups excluding carboxylic acids is 1. The first-order chi connectivity index (χ1) is 15.8. The zero-order chi connectivity index (χ0) is 23.6. The van der Waals surface area contributed by atoms with Crippen molar-refractivity contribution >= 4 is 42.4 Å². The van der Waals surface area contributed by atoms with Gasteiger partial charge in [0.15, 0.2) is 15.0 Å². The molecule has 7 nitrogen and oxygen atoms in total. The summed E-state index contributed by atoms with van der Waals surface area (Å²) in [7, 11) is -1.88. The zero-order valence-electron chi connectivity index (χ0n) is 19.2. The second-order valence-corrected chi connectivity index (χ2v) is 11.5. The number of aromatic nitrogens is 1. The number of hydrogen-bond donors (Lipinski definition) is 0. The van der Waals surface area contributed by atoms with Crippen molar-refractivity contribution in [1.29, 1.82) is 0 Å². The molecule has 176 valence electrons. The summed E-state index contributed by atoms with van der Waals surface area (Å²) in [6, 6.07) is 10.6. The third kappa shape index (κ3) is 5.30. The summed E-state index contributed by atoms with van der Waals surface area (Å²) in [6.45, 7) is 6.90. The monoisotopic (exact) mass is 487 g/mol. The maximum atomic E-state index is 12.7. The number of fused-ring (bicyclic) bond motifs is 1. The number of methoxy groups -OCH3 is 1. The fourth-order valence-electron chi connectivity index (χ4n) is 4.12. The molecule has 1 amide bonds.